The van der Waals surface area contributed by atoms with Crippen LogP contribution in [0, 0.1) is 29.6 Å². The lowest BCUT2D eigenvalue weighted by atomic mass is 9.88. The number of rotatable bonds is 5. The monoisotopic (exact) mass is 340 g/mol. The first-order valence-corrected chi connectivity index (χ1v) is 10.9. The molecule has 2 N–H and O–H groups in total. The van der Waals surface area contributed by atoms with Gasteiger partial charge in [-0.05, 0) is 74.5 Å². The Morgan fingerprint density at radius 2 is 1.61 bits per heavy atom. The first-order valence-electron chi connectivity index (χ1n) is 9.22. The zero-order valence-electron chi connectivity index (χ0n) is 13.8. The van der Waals surface area contributed by atoms with Crippen LogP contribution >= 0.6 is 0 Å². The summed E-state index contributed by atoms with van der Waals surface area (Å²) in [6.07, 6.45) is 7.84. The molecule has 0 aromatic carbocycles. The van der Waals surface area contributed by atoms with E-state index in [4.69, 9.17) is 0 Å². The van der Waals surface area contributed by atoms with E-state index in [1.165, 1.54) is 19.3 Å². The largest absolute Gasteiger partial charge is 0.352 e. The average Bonchev–Trinajstić information content (AvgIpc) is 2.87. The van der Waals surface area contributed by atoms with Gasteiger partial charge in [0.1, 0.15) is 5.75 Å². The molecule has 0 saturated heterocycles. The molecule has 4 rings (SSSR count). The van der Waals surface area contributed by atoms with Gasteiger partial charge in [-0.1, -0.05) is 6.92 Å². The molecule has 0 unspecified atom stereocenters. The van der Waals surface area contributed by atoms with Gasteiger partial charge in [0, 0.05) is 12.1 Å². The third-order valence-electron chi connectivity index (χ3n) is 6.75. The van der Waals surface area contributed by atoms with Gasteiger partial charge in [0.2, 0.25) is 15.9 Å². The van der Waals surface area contributed by atoms with Gasteiger partial charge in [0.25, 0.3) is 0 Å². The van der Waals surface area contributed by atoms with Crippen molar-refractivity contribution < 1.29 is 13.2 Å². The molecule has 0 radical (unpaired) electrons. The van der Waals surface area contributed by atoms with Crippen molar-refractivity contribution in [3.05, 3.63) is 0 Å². The van der Waals surface area contributed by atoms with Crippen molar-refractivity contribution in [2.75, 3.05) is 5.75 Å². The lowest BCUT2D eigenvalue weighted by Gasteiger charge is -2.26. The Morgan fingerprint density at radius 3 is 2.22 bits per heavy atom. The minimum absolute atomic E-state index is 0.0140. The predicted molar refractivity (Wildman–Crippen MR) is 88.1 cm³/mol. The van der Waals surface area contributed by atoms with E-state index >= 15 is 0 Å². The van der Waals surface area contributed by atoms with Crippen LogP contribution < -0.4 is 10.0 Å². The number of amides is 1. The summed E-state index contributed by atoms with van der Waals surface area (Å²) in [6, 6.07) is 0.277. The van der Waals surface area contributed by atoms with Gasteiger partial charge in [0.05, 0.1) is 0 Å². The molecule has 1 amide bonds. The van der Waals surface area contributed by atoms with Crippen LogP contribution in [-0.4, -0.2) is 32.2 Å². The van der Waals surface area contributed by atoms with Gasteiger partial charge < -0.3 is 5.32 Å². The van der Waals surface area contributed by atoms with Crippen molar-refractivity contribution in [1.82, 2.24) is 10.0 Å². The van der Waals surface area contributed by atoms with Gasteiger partial charge in [-0.2, -0.15) is 0 Å². The molecule has 5 nitrogen and oxygen atoms in total. The van der Waals surface area contributed by atoms with E-state index in [0.717, 1.165) is 37.5 Å². The van der Waals surface area contributed by atoms with Gasteiger partial charge in [-0.25, -0.2) is 13.1 Å². The summed E-state index contributed by atoms with van der Waals surface area (Å²) in [5, 5.41) is 3.00. The fourth-order valence-corrected chi connectivity index (χ4v) is 6.85. The highest BCUT2D eigenvalue weighted by Gasteiger charge is 2.65. The maximum Gasteiger partial charge on any atom is 0.236 e. The highest BCUT2D eigenvalue weighted by Crippen LogP contribution is 2.65. The molecular weight excluding hydrogens is 312 g/mol. The third kappa shape index (κ3) is 3.16. The highest BCUT2D eigenvalue weighted by atomic mass is 32.2. The smallest absolute Gasteiger partial charge is 0.236 e. The highest BCUT2D eigenvalue weighted by molar-refractivity contribution is 7.90. The van der Waals surface area contributed by atoms with Gasteiger partial charge >= 0.3 is 0 Å². The number of nitrogens with one attached hydrogen (secondary N) is 2. The molecule has 6 heteroatoms. The Bertz CT molecular complexity index is 567. The molecule has 4 fully saturated rings. The predicted octanol–water partition coefficient (Wildman–Crippen LogP) is 1.65. The van der Waals surface area contributed by atoms with Crippen molar-refractivity contribution in [3.63, 3.8) is 0 Å². The normalized spacial score (nSPS) is 44.8. The quantitative estimate of drug-likeness (QED) is 0.799. The molecular formula is C17H28N2O3S. The lowest BCUT2D eigenvalue weighted by molar-refractivity contribution is -0.119. The molecule has 130 valence electrons. The minimum Gasteiger partial charge on any atom is -0.352 e. The first kappa shape index (κ1) is 15.9. The minimum atomic E-state index is -3.51. The van der Waals surface area contributed by atoms with Crippen LogP contribution in [0.5, 0.6) is 0 Å². The number of hydrogen-bond acceptors (Lipinski definition) is 3. The Labute approximate surface area is 139 Å². The number of sulfonamides is 1. The fourth-order valence-electron chi connectivity index (χ4n) is 5.59. The summed E-state index contributed by atoms with van der Waals surface area (Å²) in [5.74, 6) is 2.82. The molecule has 0 aliphatic heterocycles. The van der Waals surface area contributed by atoms with E-state index in [1.54, 1.807) is 0 Å². The van der Waals surface area contributed by atoms with Crippen molar-refractivity contribution in [2.45, 2.75) is 64.0 Å². The lowest BCUT2D eigenvalue weighted by Crippen LogP contribution is -2.43. The van der Waals surface area contributed by atoms with Crippen LogP contribution in [0.25, 0.3) is 0 Å². The zero-order chi connectivity index (χ0) is 16.2. The summed E-state index contributed by atoms with van der Waals surface area (Å²) in [5.41, 5.74) is 0. The van der Waals surface area contributed by atoms with Crippen molar-refractivity contribution in [2.24, 2.45) is 29.6 Å². The molecule has 0 spiro atoms. The van der Waals surface area contributed by atoms with Crippen molar-refractivity contribution >= 4 is 15.9 Å². The number of hydrogen-bond donors (Lipinski definition) is 2. The molecule has 4 aliphatic carbocycles. The average molecular weight is 340 g/mol. The van der Waals surface area contributed by atoms with Gasteiger partial charge in [0.15, 0.2) is 0 Å². The second-order valence-electron chi connectivity index (χ2n) is 8.41. The van der Waals surface area contributed by atoms with Crippen molar-refractivity contribution in [3.8, 4) is 0 Å². The summed E-state index contributed by atoms with van der Waals surface area (Å²) in [4.78, 5) is 12.1. The Balaban J connectivity index is 1.25. The van der Waals surface area contributed by atoms with Crippen LogP contribution in [0.3, 0.4) is 0 Å². The van der Waals surface area contributed by atoms with Gasteiger partial charge in [-0.15, -0.1) is 0 Å². The van der Waals surface area contributed by atoms with E-state index in [0.29, 0.717) is 17.8 Å². The van der Waals surface area contributed by atoms with Crippen LogP contribution in [0.2, 0.25) is 0 Å². The Morgan fingerprint density at radius 1 is 1.00 bits per heavy atom. The van der Waals surface area contributed by atoms with Crippen LogP contribution in [-0.2, 0) is 14.8 Å². The fraction of sp³-hybridized carbons (Fsp3) is 0.941. The van der Waals surface area contributed by atoms with E-state index < -0.39 is 15.8 Å². The molecule has 4 aliphatic rings. The number of carbonyl (C=O) groups excluding carboxylic acids is 1. The van der Waals surface area contributed by atoms with Crippen LogP contribution in [0.4, 0.5) is 0 Å². The summed E-state index contributed by atoms with van der Waals surface area (Å²) >= 11 is 0. The first-order chi connectivity index (χ1) is 10.9. The Hall–Kier alpha value is -0.620. The number of carbonyl (C=O) groups is 1. The standard InChI is InChI=1S/C17H28N2O3S/c1-10-2-6-13(7-3-10)19-23(21,22)9-14(20)18-17-15-11-4-5-12(8-11)16(15)17/h10-13,15-17,19H,2-9H2,1H3,(H,18,20)/t10?,11-,12-,13?,15-,16-/m0/s1. The summed E-state index contributed by atoms with van der Waals surface area (Å²) in [7, 11) is -3.51. The van der Waals surface area contributed by atoms with E-state index in [1.807, 2.05) is 0 Å². The van der Waals surface area contributed by atoms with Crippen LogP contribution in [0.1, 0.15) is 51.9 Å². The SMILES string of the molecule is CC1CCC(NS(=O)(=O)CC(=O)NC2[C@H]3[C@H]4CC[C@@H](C4)[C@H]23)CC1. The third-order valence-corrected chi connectivity index (χ3v) is 8.08. The molecule has 4 atom stereocenters. The van der Waals surface area contributed by atoms with Gasteiger partial charge in [-0.3, -0.25) is 4.79 Å². The van der Waals surface area contributed by atoms with Crippen molar-refractivity contribution in [1.29, 1.82) is 0 Å². The molecule has 0 aromatic rings. The van der Waals surface area contributed by atoms with Crippen LogP contribution in [0.15, 0.2) is 0 Å². The molecule has 4 saturated carbocycles. The van der Waals surface area contributed by atoms with E-state index in [9.17, 15) is 13.2 Å². The molecule has 2 bridgehead atoms. The second kappa shape index (κ2) is 5.73. The topological polar surface area (TPSA) is 75.3 Å². The molecule has 0 aromatic heterocycles. The second-order valence-corrected chi connectivity index (χ2v) is 10.2. The summed E-state index contributed by atoms with van der Waals surface area (Å²) in [6.45, 7) is 2.21. The van der Waals surface area contributed by atoms with E-state index in [-0.39, 0.29) is 18.0 Å². The maximum atomic E-state index is 12.2. The zero-order valence-corrected chi connectivity index (χ0v) is 14.6. The maximum absolute atomic E-state index is 12.2. The Kier molecular flexibility index (Phi) is 3.95. The molecule has 23 heavy (non-hydrogen) atoms. The summed E-state index contributed by atoms with van der Waals surface area (Å²) < 4.78 is 27.1. The molecule has 0 heterocycles. The van der Waals surface area contributed by atoms with E-state index in [2.05, 4.69) is 17.0 Å². The number of fused-ring (bicyclic) bond motifs is 5.